The average molecular weight is 442 g/mol. The lowest BCUT2D eigenvalue weighted by atomic mass is 10.0. The van der Waals surface area contributed by atoms with Crippen LogP contribution in [0.4, 0.5) is 4.39 Å². The molecule has 0 spiro atoms. The maximum atomic E-state index is 13.4. The van der Waals surface area contributed by atoms with E-state index in [1.807, 2.05) is 24.3 Å². The molecule has 0 fully saturated rings. The fourth-order valence-electron chi connectivity index (χ4n) is 4.75. The van der Waals surface area contributed by atoms with Gasteiger partial charge >= 0.3 is 0 Å². The number of aromatic amines is 1. The molecule has 1 aliphatic heterocycles. The van der Waals surface area contributed by atoms with Crippen LogP contribution in [-0.4, -0.2) is 34.7 Å². The first-order valence-electron chi connectivity index (χ1n) is 11.3. The number of aromatic nitrogens is 2. The van der Waals surface area contributed by atoms with Crippen molar-refractivity contribution in [2.24, 2.45) is 0 Å². The largest absolute Gasteiger partial charge is 0.494 e. The van der Waals surface area contributed by atoms with Crippen LogP contribution >= 0.6 is 0 Å². The van der Waals surface area contributed by atoms with Crippen LogP contribution < -0.4 is 4.74 Å². The highest BCUT2D eigenvalue weighted by Crippen LogP contribution is 2.30. The molecule has 5 aromatic rings. The molecule has 0 saturated carbocycles. The van der Waals surface area contributed by atoms with Crippen molar-refractivity contribution < 1.29 is 13.7 Å². The van der Waals surface area contributed by atoms with Crippen molar-refractivity contribution in [2.75, 3.05) is 19.7 Å². The Morgan fingerprint density at radius 1 is 1.03 bits per heavy atom. The van der Waals surface area contributed by atoms with E-state index >= 15 is 0 Å². The molecule has 6 rings (SSSR count). The number of halogens is 1. The predicted octanol–water partition coefficient (Wildman–Crippen LogP) is 5.94. The number of fused-ring (bicyclic) bond motifs is 4. The third-order valence-electron chi connectivity index (χ3n) is 6.41. The maximum Gasteiger partial charge on any atom is 0.170 e. The average Bonchev–Trinajstić information content (AvgIpc) is 3.43. The summed E-state index contributed by atoms with van der Waals surface area (Å²) in [5.74, 6) is 0.495. The van der Waals surface area contributed by atoms with E-state index in [0.29, 0.717) is 17.9 Å². The highest BCUT2D eigenvalue weighted by atomic mass is 19.1. The van der Waals surface area contributed by atoms with Gasteiger partial charge in [0, 0.05) is 53.2 Å². The lowest BCUT2D eigenvalue weighted by Crippen LogP contribution is -2.31. The number of nitrogens with zero attached hydrogens (tertiary/aromatic N) is 2. The molecule has 5 nitrogen and oxygen atoms in total. The molecule has 0 saturated heterocycles. The molecular weight excluding hydrogens is 417 g/mol. The van der Waals surface area contributed by atoms with E-state index in [4.69, 9.17) is 9.26 Å². The Hall–Kier alpha value is -3.64. The van der Waals surface area contributed by atoms with Crippen LogP contribution in [0, 0.1) is 5.82 Å². The van der Waals surface area contributed by atoms with Gasteiger partial charge in [0.05, 0.1) is 6.61 Å². The van der Waals surface area contributed by atoms with Gasteiger partial charge in [-0.1, -0.05) is 23.4 Å². The van der Waals surface area contributed by atoms with Crippen molar-refractivity contribution >= 4 is 21.9 Å². The summed E-state index contributed by atoms with van der Waals surface area (Å²) in [4.78, 5) is 6.08. The topological polar surface area (TPSA) is 54.3 Å². The van der Waals surface area contributed by atoms with E-state index in [0.717, 1.165) is 49.2 Å². The summed E-state index contributed by atoms with van der Waals surface area (Å²) >= 11 is 0. The monoisotopic (exact) mass is 441 g/mol. The summed E-state index contributed by atoms with van der Waals surface area (Å²) in [6.07, 6.45) is 2.06. The van der Waals surface area contributed by atoms with Crippen molar-refractivity contribution in [3.05, 3.63) is 83.8 Å². The molecule has 0 atom stereocenters. The number of hydrogen-bond acceptors (Lipinski definition) is 4. The Bertz CT molecular complexity index is 1420. The molecule has 0 aliphatic carbocycles. The van der Waals surface area contributed by atoms with Gasteiger partial charge in [0.25, 0.3) is 0 Å². The van der Waals surface area contributed by atoms with Crippen molar-refractivity contribution in [3.8, 4) is 17.0 Å². The van der Waals surface area contributed by atoms with Gasteiger partial charge in [0.1, 0.15) is 17.3 Å². The summed E-state index contributed by atoms with van der Waals surface area (Å²) in [7, 11) is 0. The predicted molar refractivity (Wildman–Crippen MR) is 127 cm³/mol. The zero-order chi connectivity index (χ0) is 22.2. The number of para-hydroxylation sites is 1. The Morgan fingerprint density at radius 3 is 2.82 bits per heavy atom. The van der Waals surface area contributed by atoms with Crippen LogP contribution in [0.15, 0.2) is 71.3 Å². The SMILES string of the molecule is Fc1ccc2c(-c3ccc(OCCCN4CCc5c([nH]c6ccccc56)C4)cc3)noc2c1. The molecule has 3 heterocycles. The van der Waals surface area contributed by atoms with Gasteiger partial charge < -0.3 is 14.2 Å². The molecule has 0 unspecified atom stereocenters. The molecule has 33 heavy (non-hydrogen) atoms. The molecular formula is C27H24FN3O2. The van der Waals surface area contributed by atoms with E-state index in [1.54, 1.807) is 6.07 Å². The quantitative estimate of drug-likeness (QED) is 0.331. The van der Waals surface area contributed by atoms with E-state index < -0.39 is 0 Å². The van der Waals surface area contributed by atoms with Gasteiger partial charge in [-0.15, -0.1) is 0 Å². The summed E-state index contributed by atoms with van der Waals surface area (Å²) in [5, 5.41) is 6.26. The molecule has 0 radical (unpaired) electrons. The normalized spacial score (nSPS) is 14.1. The molecule has 1 aliphatic rings. The first-order valence-corrected chi connectivity index (χ1v) is 11.3. The minimum absolute atomic E-state index is 0.333. The van der Waals surface area contributed by atoms with Gasteiger partial charge in [-0.2, -0.15) is 0 Å². The minimum Gasteiger partial charge on any atom is -0.494 e. The number of hydrogen-bond donors (Lipinski definition) is 1. The first kappa shape index (κ1) is 20.0. The van der Waals surface area contributed by atoms with E-state index in [-0.39, 0.29) is 5.82 Å². The van der Waals surface area contributed by atoms with Gasteiger partial charge in [0.2, 0.25) is 0 Å². The van der Waals surface area contributed by atoms with Crippen molar-refractivity contribution in [2.45, 2.75) is 19.4 Å². The third kappa shape index (κ3) is 3.87. The Morgan fingerprint density at radius 2 is 1.91 bits per heavy atom. The van der Waals surface area contributed by atoms with Crippen LogP contribution in [0.3, 0.4) is 0 Å². The zero-order valence-corrected chi connectivity index (χ0v) is 18.2. The van der Waals surface area contributed by atoms with Gasteiger partial charge in [-0.25, -0.2) is 4.39 Å². The lowest BCUT2D eigenvalue weighted by molar-refractivity contribution is 0.219. The van der Waals surface area contributed by atoms with E-state index in [2.05, 4.69) is 39.3 Å². The fraction of sp³-hybridized carbons (Fsp3) is 0.222. The van der Waals surface area contributed by atoms with Crippen LogP contribution in [0.1, 0.15) is 17.7 Å². The Labute approximate surface area is 190 Å². The third-order valence-corrected chi connectivity index (χ3v) is 6.41. The smallest absolute Gasteiger partial charge is 0.170 e. The summed E-state index contributed by atoms with van der Waals surface area (Å²) in [5.41, 5.74) is 6.13. The van der Waals surface area contributed by atoms with Crippen LogP contribution in [0.2, 0.25) is 0 Å². The number of nitrogens with one attached hydrogen (secondary N) is 1. The Kier molecular flexibility index (Phi) is 5.07. The molecule has 0 bridgehead atoms. The van der Waals surface area contributed by atoms with E-state index in [9.17, 15) is 4.39 Å². The molecule has 2 aromatic heterocycles. The minimum atomic E-state index is -0.333. The standard InChI is InChI=1S/C27H24FN3O2/c28-19-8-11-23-26(16-19)33-30-27(23)18-6-9-20(10-7-18)32-15-3-13-31-14-12-22-21-4-1-2-5-24(21)29-25(22)17-31/h1-2,4-11,16,29H,3,12-15,17H2. The molecule has 6 heteroatoms. The molecule has 0 amide bonds. The fourth-order valence-corrected chi connectivity index (χ4v) is 4.75. The molecule has 166 valence electrons. The number of rotatable bonds is 6. The van der Waals surface area contributed by atoms with Gasteiger partial charge in [-0.05, 0) is 60.9 Å². The number of benzene rings is 3. The van der Waals surface area contributed by atoms with Crippen LogP contribution in [-0.2, 0) is 13.0 Å². The maximum absolute atomic E-state index is 13.4. The van der Waals surface area contributed by atoms with Crippen LogP contribution in [0.25, 0.3) is 33.1 Å². The molecule has 1 N–H and O–H groups in total. The highest BCUT2D eigenvalue weighted by Gasteiger charge is 2.20. The summed E-state index contributed by atoms with van der Waals surface area (Å²) in [6, 6.07) is 20.8. The zero-order valence-electron chi connectivity index (χ0n) is 18.2. The summed E-state index contributed by atoms with van der Waals surface area (Å²) < 4.78 is 24.6. The Balaban J connectivity index is 1.03. The number of H-pyrrole nitrogens is 1. The van der Waals surface area contributed by atoms with Gasteiger partial charge in [0.15, 0.2) is 5.58 Å². The summed E-state index contributed by atoms with van der Waals surface area (Å²) in [6.45, 7) is 3.73. The van der Waals surface area contributed by atoms with Gasteiger partial charge in [-0.3, -0.25) is 4.90 Å². The van der Waals surface area contributed by atoms with Crippen molar-refractivity contribution in [1.29, 1.82) is 0 Å². The van der Waals surface area contributed by atoms with Crippen molar-refractivity contribution in [3.63, 3.8) is 0 Å². The second-order valence-electron chi connectivity index (χ2n) is 8.55. The number of ether oxygens (including phenoxy) is 1. The first-order chi connectivity index (χ1) is 16.2. The second-order valence-corrected chi connectivity index (χ2v) is 8.55. The van der Waals surface area contributed by atoms with E-state index in [1.165, 1.54) is 34.3 Å². The highest BCUT2D eigenvalue weighted by molar-refractivity contribution is 5.91. The second kappa shape index (κ2) is 8.37. The van der Waals surface area contributed by atoms with Crippen molar-refractivity contribution in [1.82, 2.24) is 15.0 Å². The van der Waals surface area contributed by atoms with Crippen LogP contribution in [0.5, 0.6) is 5.75 Å². The molecule has 3 aromatic carbocycles. The lowest BCUT2D eigenvalue weighted by Gasteiger charge is -2.26.